The molecule has 0 aromatic rings. The lowest BCUT2D eigenvalue weighted by atomic mass is 9.87. The van der Waals surface area contributed by atoms with Crippen molar-refractivity contribution in [2.45, 2.75) is 57.5 Å². The molecule has 0 unspecified atom stereocenters. The van der Waals surface area contributed by atoms with Crippen molar-refractivity contribution in [2.75, 3.05) is 33.4 Å². The highest BCUT2D eigenvalue weighted by Gasteiger charge is 2.28. The number of hydrogen-bond donors (Lipinski definition) is 1. The molecule has 18 heavy (non-hydrogen) atoms. The highest BCUT2D eigenvalue weighted by atomic mass is 16.5. The van der Waals surface area contributed by atoms with Crippen molar-refractivity contribution >= 4 is 0 Å². The molecule has 0 aromatic carbocycles. The van der Waals surface area contributed by atoms with Gasteiger partial charge in [0.15, 0.2) is 0 Å². The minimum Gasteiger partial charge on any atom is -0.383 e. The molecule has 0 atom stereocenters. The summed E-state index contributed by atoms with van der Waals surface area (Å²) in [7, 11) is 1.80. The molecule has 0 heterocycles. The van der Waals surface area contributed by atoms with Crippen molar-refractivity contribution in [3.05, 3.63) is 0 Å². The molecule has 0 radical (unpaired) electrons. The van der Waals surface area contributed by atoms with E-state index < -0.39 is 0 Å². The normalized spacial score (nSPS) is 28.8. The number of hydrogen-bond acceptors (Lipinski definition) is 3. The lowest BCUT2D eigenvalue weighted by Gasteiger charge is -2.28. The van der Waals surface area contributed by atoms with Crippen LogP contribution < -0.4 is 5.32 Å². The highest BCUT2D eigenvalue weighted by molar-refractivity contribution is 4.85. The quantitative estimate of drug-likeness (QED) is 0.719. The van der Waals surface area contributed by atoms with E-state index in [1.54, 1.807) is 7.11 Å². The van der Waals surface area contributed by atoms with Gasteiger partial charge in [-0.3, -0.25) is 4.90 Å². The van der Waals surface area contributed by atoms with Crippen LogP contribution in [0, 0.1) is 5.92 Å². The predicted octanol–water partition coefficient (Wildman–Crippen LogP) is 2.27. The predicted molar refractivity (Wildman–Crippen MR) is 75.9 cm³/mol. The third kappa shape index (κ3) is 4.87. The van der Waals surface area contributed by atoms with Gasteiger partial charge >= 0.3 is 0 Å². The summed E-state index contributed by atoms with van der Waals surface area (Å²) in [6, 6.07) is 1.64. The van der Waals surface area contributed by atoms with Gasteiger partial charge in [-0.05, 0) is 44.4 Å². The van der Waals surface area contributed by atoms with Gasteiger partial charge in [-0.2, -0.15) is 0 Å². The van der Waals surface area contributed by atoms with Gasteiger partial charge in [0, 0.05) is 38.8 Å². The summed E-state index contributed by atoms with van der Waals surface area (Å²) in [5.41, 5.74) is 0. The van der Waals surface area contributed by atoms with Crippen LogP contribution in [-0.2, 0) is 4.74 Å². The number of methoxy groups -OCH3 is 1. The fourth-order valence-electron chi connectivity index (χ4n) is 3.00. The van der Waals surface area contributed by atoms with Crippen molar-refractivity contribution in [1.29, 1.82) is 0 Å². The van der Waals surface area contributed by atoms with Crippen LogP contribution >= 0.6 is 0 Å². The van der Waals surface area contributed by atoms with Gasteiger partial charge in [-0.25, -0.2) is 0 Å². The number of ether oxygens (including phenoxy) is 1. The third-order valence-electron chi connectivity index (χ3n) is 4.49. The summed E-state index contributed by atoms with van der Waals surface area (Å²) < 4.78 is 5.20. The Kier molecular flexibility index (Phi) is 5.93. The Balaban J connectivity index is 1.57. The minimum atomic E-state index is 0.782. The Morgan fingerprint density at radius 2 is 1.78 bits per heavy atom. The zero-order valence-electron chi connectivity index (χ0n) is 12.2. The third-order valence-corrected chi connectivity index (χ3v) is 4.49. The molecular weight excluding hydrogens is 224 g/mol. The van der Waals surface area contributed by atoms with Crippen LogP contribution in [-0.4, -0.2) is 50.3 Å². The van der Waals surface area contributed by atoms with E-state index in [0.29, 0.717) is 0 Å². The van der Waals surface area contributed by atoms with Crippen LogP contribution in [0.25, 0.3) is 0 Å². The van der Waals surface area contributed by atoms with Crippen LogP contribution in [0.3, 0.4) is 0 Å². The molecule has 3 heteroatoms. The zero-order chi connectivity index (χ0) is 12.8. The average Bonchev–Trinajstić information content (AvgIpc) is 3.20. The van der Waals surface area contributed by atoms with Crippen LogP contribution in [0.2, 0.25) is 0 Å². The molecule has 2 aliphatic rings. The first-order chi connectivity index (χ1) is 8.79. The molecule has 106 valence electrons. The first kappa shape index (κ1) is 14.3. The lowest BCUT2D eigenvalue weighted by molar-refractivity contribution is 0.142. The molecule has 0 aromatic heterocycles. The molecule has 0 spiro atoms. The second-order valence-corrected chi connectivity index (χ2v) is 6.17. The Morgan fingerprint density at radius 3 is 2.39 bits per heavy atom. The monoisotopic (exact) mass is 254 g/mol. The Hall–Kier alpha value is -0.120. The van der Waals surface area contributed by atoms with E-state index in [-0.39, 0.29) is 0 Å². The Bertz CT molecular complexity index is 223. The molecule has 0 aliphatic heterocycles. The number of rotatable bonds is 8. The second-order valence-electron chi connectivity index (χ2n) is 6.17. The van der Waals surface area contributed by atoms with E-state index in [0.717, 1.165) is 37.7 Å². The molecule has 2 fully saturated rings. The smallest absolute Gasteiger partial charge is 0.0589 e. The molecule has 0 amide bonds. The maximum atomic E-state index is 5.20. The topological polar surface area (TPSA) is 24.5 Å². The summed E-state index contributed by atoms with van der Waals surface area (Å²) in [6.07, 6.45) is 8.36. The van der Waals surface area contributed by atoms with Crippen molar-refractivity contribution < 1.29 is 4.74 Å². The molecule has 1 N–H and O–H groups in total. The number of nitrogens with zero attached hydrogens (tertiary/aromatic N) is 1. The van der Waals surface area contributed by atoms with Crippen LogP contribution in [0.5, 0.6) is 0 Å². The van der Waals surface area contributed by atoms with Gasteiger partial charge < -0.3 is 10.1 Å². The van der Waals surface area contributed by atoms with Crippen molar-refractivity contribution in [3.63, 3.8) is 0 Å². The van der Waals surface area contributed by atoms with E-state index in [4.69, 9.17) is 4.74 Å². The van der Waals surface area contributed by atoms with Gasteiger partial charge in [0.05, 0.1) is 6.61 Å². The van der Waals surface area contributed by atoms with Gasteiger partial charge in [0.25, 0.3) is 0 Å². The van der Waals surface area contributed by atoms with Crippen molar-refractivity contribution in [1.82, 2.24) is 10.2 Å². The molecule has 3 nitrogen and oxygen atoms in total. The van der Waals surface area contributed by atoms with Crippen molar-refractivity contribution in [3.8, 4) is 0 Å². The standard InChI is InChI=1S/C15H30N2O/c1-13-3-5-14(6-4-13)16-9-10-17(11-12-18-2)15-7-8-15/h13-16H,3-12H2,1-2H3. The SMILES string of the molecule is COCCN(CCNC1CCC(C)CC1)C1CC1. The summed E-state index contributed by atoms with van der Waals surface area (Å²) in [4.78, 5) is 2.60. The summed E-state index contributed by atoms with van der Waals surface area (Å²) in [6.45, 7) is 6.71. The van der Waals surface area contributed by atoms with Crippen LogP contribution in [0.4, 0.5) is 0 Å². The van der Waals surface area contributed by atoms with E-state index in [1.165, 1.54) is 45.1 Å². The Labute approximate surface area is 112 Å². The van der Waals surface area contributed by atoms with Gasteiger partial charge in [-0.15, -0.1) is 0 Å². The average molecular weight is 254 g/mol. The fraction of sp³-hybridized carbons (Fsp3) is 1.00. The van der Waals surface area contributed by atoms with E-state index in [9.17, 15) is 0 Å². The second kappa shape index (κ2) is 7.46. The Morgan fingerprint density at radius 1 is 1.06 bits per heavy atom. The summed E-state index contributed by atoms with van der Waals surface area (Å²) in [5.74, 6) is 0.952. The maximum absolute atomic E-state index is 5.20. The van der Waals surface area contributed by atoms with Gasteiger partial charge in [-0.1, -0.05) is 6.92 Å². The molecule has 2 saturated carbocycles. The van der Waals surface area contributed by atoms with Crippen molar-refractivity contribution in [2.24, 2.45) is 5.92 Å². The van der Waals surface area contributed by atoms with E-state index in [1.807, 2.05) is 0 Å². The van der Waals surface area contributed by atoms with Crippen LogP contribution in [0.1, 0.15) is 45.4 Å². The largest absolute Gasteiger partial charge is 0.383 e. The highest BCUT2D eigenvalue weighted by Crippen LogP contribution is 2.26. The molecule has 0 saturated heterocycles. The zero-order valence-corrected chi connectivity index (χ0v) is 12.2. The van der Waals surface area contributed by atoms with Crippen LogP contribution in [0.15, 0.2) is 0 Å². The molecular formula is C15H30N2O. The number of nitrogens with one attached hydrogen (secondary N) is 1. The lowest BCUT2D eigenvalue weighted by Crippen LogP contribution is -2.40. The first-order valence-electron chi connectivity index (χ1n) is 7.76. The first-order valence-corrected chi connectivity index (χ1v) is 7.76. The minimum absolute atomic E-state index is 0.782. The fourth-order valence-corrected chi connectivity index (χ4v) is 3.00. The van der Waals surface area contributed by atoms with Gasteiger partial charge in [0.2, 0.25) is 0 Å². The van der Waals surface area contributed by atoms with E-state index >= 15 is 0 Å². The van der Waals surface area contributed by atoms with E-state index in [2.05, 4.69) is 17.1 Å². The molecule has 2 aliphatic carbocycles. The summed E-state index contributed by atoms with van der Waals surface area (Å²) >= 11 is 0. The maximum Gasteiger partial charge on any atom is 0.0589 e. The summed E-state index contributed by atoms with van der Waals surface area (Å²) in [5, 5.41) is 3.75. The molecule has 2 rings (SSSR count). The molecule has 0 bridgehead atoms. The van der Waals surface area contributed by atoms with Gasteiger partial charge in [0.1, 0.15) is 0 Å².